The Balaban J connectivity index is 2.00. The SMILES string of the molecule is O=C(/C=C/C#Cc1ccccc1F)NC1=C(C(=O)O)CCCC1. The van der Waals surface area contributed by atoms with Crippen molar-refractivity contribution in [1.29, 1.82) is 0 Å². The molecule has 1 amide bonds. The Hall–Kier alpha value is -2.87. The molecule has 118 valence electrons. The van der Waals surface area contributed by atoms with E-state index in [1.165, 1.54) is 18.2 Å². The highest BCUT2D eigenvalue weighted by Crippen LogP contribution is 2.22. The minimum atomic E-state index is -0.997. The molecule has 23 heavy (non-hydrogen) atoms. The number of nitrogens with one attached hydrogen (secondary N) is 1. The molecule has 0 unspecified atom stereocenters. The highest BCUT2D eigenvalue weighted by Gasteiger charge is 2.19. The van der Waals surface area contributed by atoms with Crippen molar-refractivity contribution in [2.24, 2.45) is 0 Å². The third kappa shape index (κ3) is 4.82. The molecule has 2 rings (SSSR count). The van der Waals surface area contributed by atoms with E-state index >= 15 is 0 Å². The van der Waals surface area contributed by atoms with Crippen molar-refractivity contribution in [3.63, 3.8) is 0 Å². The van der Waals surface area contributed by atoms with Crippen LogP contribution in [0.1, 0.15) is 31.2 Å². The molecule has 0 saturated carbocycles. The Morgan fingerprint density at radius 3 is 2.70 bits per heavy atom. The molecule has 0 spiro atoms. The molecule has 0 fully saturated rings. The highest BCUT2D eigenvalue weighted by atomic mass is 19.1. The summed E-state index contributed by atoms with van der Waals surface area (Å²) < 4.78 is 13.3. The van der Waals surface area contributed by atoms with E-state index in [0.717, 1.165) is 12.8 Å². The van der Waals surface area contributed by atoms with Gasteiger partial charge in [-0.25, -0.2) is 9.18 Å². The third-order valence-corrected chi connectivity index (χ3v) is 3.40. The third-order valence-electron chi connectivity index (χ3n) is 3.40. The number of carboxylic acids is 1. The van der Waals surface area contributed by atoms with E-state index in [9.17, 15) is 14.0 Å². The lowest BCUT2D eigenvalue weighted by molar-refractivity contribution is -0.133. The molecule has 0 bridgehead atoms. The predicted molar refractivity (Wildman–Crippen MR) is 83.7 cm³/mol. The summed E-state index contributed by atoms with van der Waals surface area (Å²) in [7, 11) is 0. The Morgan fingerprint density at radius 1 is 1.22 bits per heavy atom. The summed E-state index contributed by atoms with van der Waals surface area (Å²) >= 11 is 0. The maximum Gasteiger partial charge on any atom is 0.333 e. The standard InChI is InChI=1S/C18H16FNO3/c19-15-10-4-1-7-13(15)8-2-6-12-17(21)20-16-11-5-3-9-14(16)18(22)23/h1,4,6-7,10,12H,3,5,9,11H2,(H,20,21)(H,22,23)/b12-6+. The first-order valence-electron chi connectivity index (χ1n) is 7.27. The summed E-state index contributed by atoms with van der Waals surface area (Å²) in [5.74, 6) is 3.32. The molecule has 1 aromatic rings. The monoisotopic (exact) mass is 313 g/mol. The summed E-state index contributed by atoms with van der Waals surface area (Å²) in [6.45, 7) is 0. The molecule has 1 aliphatic carbocycles. The van der Waals surface area contributed by atoms with Crippen LogP contribution < -0.4 is 5.32 Å². The number of hydrogen-bond donors (Lipinski definition) is 2. The van der Waals surface area contributed by atoms with Gasteiger partial charge in [0.15, 0.2) is 0 Å². The Labute approximate surface area is 133 Å². The molecule has 0 saturated heterocycles. The predicted octanol–water partition coefficient (Wildman–Crippen LogP) is 2.76. The Kier molecular flexibility index (Phi) is 5.70. The number of carbonyl (C=O) groups excluding carboxylic acids is 1. The number of rotatable bonds is 3. The van der Waals surface area contributed by atoms with Crippen molar-refractivity contribution in [3.05, 3.63) is 59.1 Å². The van der Waals surface area contributed by atoms with Crippen LogP contribution >= 0.6 is 0 Å². The van der Waals surface area contributed by atoms with E-state index in [1.54, 1.807) is 18.2 Å². The second-order valence-corrected chi connectivity index (χ2v) is 5.04. The minimum absolute atomic E-state index is 0.251. The number of amides is 1. The topological polar surface area (TPSA) is 66.4 Å². The van der Waals surface area contributed by atoms with Crippen molar-refractivity contribution in [1.82, 2.24) is 5.32 Å². The maximum atomic E-state index is 13.3. The second kappa shape index (κ2) is 7.95. The average molecular weight is 313 g/mol. The number of carbonyl (C=O) groups is 2. The van der Waals surface area contributed by atoms with Gasteiger partial charge in [0.2, 0.25) is 5.91 Å². The van der Waals surface area contributed by atoms with E-state index in [-0.39, 0.29) is 11.1 Å². The summed E-state index contributed by atoms with van der Waals surface area (Å²) in [4.78, 5) is 22.9. The van der Waals surface area contributed by atoms with Gasteiger partial charge in [-0.05, 0) is 43.9 Å². The fourth-order valence-corrected chi connectivity index (χ4v) is 2.27. The molecule has 0 radical (unpaired) electrons. The van der Waals surface area contributed by atoms with Crippen molar-refractivity contribution in [2.45, 2.75) is 25.7 Å². The number of hydrogen-bond acceptors (Lipinski definition) is 2. The highest BCUT2D eigenvalue weighted by molar-refractivity contribution is 5.92. The smallest absolute Gasteiger partial charge is 0.333 e. The molecule has 1 aliphatic rings. The summed E-state index contributed by atoms with van der Waals surface area (Å²) in [6, 6.07) is 6.10. The summed E-state index contributed by atoms with van der Waals surface area (Å²) in [5, 5.41) is 11.7. The molecule has 5 heteroatoms. The summed E-state index contributed by atoms with van der Waals surface area (Å²) in [5.41, 5.74) is 0.969. The van der Waals surface area contributed by atoms with Gasteiger partial charge in [0.05, 0.1) is 11.1 Å². The fourth-order valence-electron chi connectivity index (χ4n) is 2.27. The molecule has 4 nitrogen and oxygen atoms in total. The van der Waals surface area contributed by atoms with Crippen LogP contribution in [-0.2, 0) is 9.59 Å². The van der Waals surface area contributed by atoms with E-state index < -0.39 is 17.7 Å². The number of halogens is 1. The quantitative estimate of drug-likeness (QED) is 0.666. The largest absolute Gasteiger partial charge is 0.478 e. The lowest BCUT2D eigenvalue weighted by atomic mass is 9.96. The zero-order valence-electron chi connectivity index (χ0n) is 12.4. The van der Waals surface area contributed by atoms with Crippen LogP contribution in [0.15, 0.2) is 47.7 Å². The van der Waals surface area contributed by atoms with Gasteiger partial charge in [-0.1, -0.05) is 24.0 Å². The van der Waals surface area contributed by atoms with Gasteiger partial charge in [-0.2, -0.15) is 0 Å². The lowest BCUT2D eigenvalue weighted by Crippen LogP contribution is -2.25. The molecule has 2 N–H and O–H groups in total. The number of carboxylic acid groups (broad SMARTS) is 1. The van der Waals surface area contributed by atoms with Crippen LogP contribution in [0, 0.1) is 17.7 Å². The van der Waals surface area contributed by atoms with E-state index in [1.807, 2.05) is 0 Å². The molecule has 1 aromatic carbocycles. The fraction of sp³-hybridized carbons (Fsp3) is 0.222. The molecule has 0 aliphatic heterocycles. The van der Waals surface area contributed by atoms with Crippen LogP contribution in [0.4, 0.5) is 4.39 Å². The lowest BCUT2D eigenvalue weighted by Gasteiger charge is -2.17. The summed E-state index contributed by atoms with van der Waals surface area (Å²) in [6.07, 6.45) is 5.18. The van der Waals surface area contributed by atoms with E-state index in [0.29, 0.717) is 18.5 Å². The van der Waals surface area contributed by atoms with Crippen molar-refractivity contribution in [2.75, 3.05) is 0 Å². The average Bonchev–Trinajstić information content (AvgIpc) is 2.53. The number of benzene rings is 1. The molecule has 0 heterocycles. The van der Waals surface area contributed by atoms with Crippen molar-refractivity contribution < 1.29 is 19.1 Å². The van der Waals surface area contributed by atoms with Gasteiger partial charge in [-0.3, -0.25) is 4.79 Å². The zero-order valence-corrected chi connectivity index (χ0v) is 12.4. The molecular weight excluding hydrogens is 297 g/mol. The van der Waals surface area contributed by atoms with E-state index in [2.05, 4.69) is 17.2 Å². The number of allylic oxidation sites excluding steroid dienone is 2. The van der Waals surface area contributed by atoms with Gasteiger partial charge < -0.3 is 10.4 Å². The van der Waals surface area contributed by atoms with Crippen LogP contribution in [0.2, 0.25) is 0 Å². The van der Waals surface area contributed by atoms with E-state index in [4.69, 9.17) is 5.11 Å². The van der Waals surface area contributed by atoms with Crippen LogP contribution in [-0.4, -0.2) is 17.0 Å². The molecule has 0 atom stereocenters. The first kappa shape index (κ1) is 16.5. The minimum Gasteiger partial charge on any atom is -0.478 e. The Morgan fingerprint density at radius 2 is 1.96 bits per heavy atom. The van der Waals surface area contributed by atoms with Crippen LogP contribution in [0.5, 0.6) is 0 Å². The first-order valence-corrected chi connectivity index (χ1v) is 7.27. The van der Waals surface area contributed by atoms with Crippen molar-refractivity contribution >= 4 is 11.9 Å². The van der Waals surface area contributed by atoms with Gasteiger partial charge in [0, 0.05) is 11.8 Å². The van der Waals surface area contributed by atoms with Crippen LogP contribution in [0.3, 0.4) is 0 Å². The maximum absolute atomic E-state index is 13.3. The second-order valence-electron chi connectivity index (χ2n) is 5.04. The van der Waals surface area contributed by atoms with Gasteiger partial charge in [0.1, 0.15) is 5.82 Å². The van der Waals surface area contributed by atoms with Gasteiger partial charge in [0.25, 0.3) is 0 Å². The van der Waals surface area contributed by atoms with Crippen molar-refractivity contribution in [3.8, 4) is 11.8 Å². The first-order chi connectivity index (χ1) is 11.1. The normalized spacial score (nSPS) is 14.3. The van der Waals surface area contributed by atoms with Gasteiger partial charge >= 0.3 is 5.97 Å². The Bertz CT molecular complexity index is 738. The zero-order chi connectivity index (χ0) is 16.7. The van der Waals surface area contributed by atoms with Gasteiger partial charge in [-0.15, -0.1) is 0 Å². The van der Waals surface area contributed by atoms with Crippen LogP contribution in [0.25, 0.3) is 0 Å². The molecule has 0 aromatic heterocycles. The number of aliphatic carboxylic acids is 1. The molecular formula is C18H16FNO3.